The molecule has 1 aromatic carbocycles. The Labute approximate surface area is 124 Å². The molecule has 0 saturated heterocycles. The highest BCUT2D eigenvalue weighted by molar-refractivity contribution is 5.48. The molecule has 3 aromatic rings. The van der Waals surface area contributed by atoms with Gasteiger partial charge in [0.2, 0.25) is 0 Å². The molecule has 0 saturated carbocycles. The molecular weight excluding hydrogens is 260 g/mol. The second kappa shape index (κ2) is 6.33. The minimum atomic E-state index is 0.818. The van der Waals surface area contributed by atoms with Crippen LogP contribution < -0.4 is 0 Å². The number of aromatic amines is 1. The zero-order chi connectivity index (χ0) is 14.5. The highest BCUT2D eigenvalue weighted by Crippen LogP contribution is 2.13. The Morgan fingerprint density at radius 1 is 0.952 bits per heavy atom. The molecule has 0 aliphatic rings. The Morgan fingerprint density at radius 3 is 2.52 bits per heavy atom. The van der Waals surface area contributed by atoms with Crippen molar-refractivity contribution in [2.75, 3.05) is 7.05 Å². The van der Waals surface area contributed by atoms with Gasteiger partial charge in [-0.15, -0.1) is 0 Å². The van der Waals surface area contributed by atoms with Gasteiger partial charge in [0.1, 0.15) is 5.69 Å². The topological polar surface area (TPSA) is 44.8 Å². The minimum absolute atomic E-state index is 0.818. The fraction of sp³-hybridized carbons (Fsp3) is 0.176. The van der Waals surface area contributed by atoms with E-state index in [1.54, 1.807) is 6.20 Å². The molecule has 4 heteroatoms. The van der Waals surface area contributed by atoms with Crippen LogP contribution in [0.4, 0.5) is 0 Å². The van der Waals surface area contributed by atoms with Gasteiger partial charge in [-0.25, -0.2) is 4.98 Å². The summed E-state index contributed by atoms with van der Waals surface area (Å²) in [6.45, 7) is 1.74. The van der Waals surface area contributed by atoms with E-state index < -0.39 is 0 Å². The van der Waals surface area contributed by atoms with E-state index in [-0.39, 0.29) is 0 Å². The van der Waals surface area contributed by atoms with Gasteiger partial charge in [-0.05, 0) is 24.7 Å². The second-order valence-corrected chi connectivity index (χ2v) is 5.13. The summed E-state index contributed by atoms with van der Waals surface area (Å²) in [5.41, 5.74) is 3.27. The van der Waals surface area contributed by atoms with Gasteiger partial charge in [0.15, 0.2) is 5.82 Å². The van der Waals surface area contributed by atoms with Gasteiger partial charge in [-0.1, -0.05) is 36.4 Å². The standard InChI is InChI=1S/C17H18N4/c1-21(12-14-7-3-2-4-8-14)13-15-11-19-17(20-15)16-9-5-6-10-18-16/h2-11H,12-13H2,1H3,(H,19,20). The Bertz CT molecular complexity index is 676. The van der Waals surface area contributed by atoms with E-state index in [4.69, 9.17) is 0 Å². The molecule has 0 spiro atoms. The van der Waals surface area contributed by atoms with E-state index in [1.807, 2.05) is 30.5 Å². The van der Waals surface area contributed by atoms with Crippen LogP contribution in [-0.2, 0) is 13.1 Å². The van der Waals surface area contributed by atoms with Gasteiger partial charge < -0.3 is 4.98 Å². The van der Waals surface area contributed by atoms with Crippen molar-refractivity contribution in [2.24, 2.45) is 0 Å². The van der Waals surface area contributed by atoms with Gasteiger partial charge in [0.25, 0.3) is 0 Å². The predicted molar refractivity (Wildman–Crippen MR) is 83.4 cm³/mol. The molecule has 106 valence electrons. The first-order valence-electron chi connectivity index (χ1n) is 6.99. The van der Waals surface area contributed by atoms with Crippen molar-refractivity contribution in [3.05, 3.63) is 72.2 Å². The van der Waals surface area contributed by atoms with Gasteiger partial charge in [0, 0.05) is 25.0 Å². The number of aromatic nitrogens is 3. The highest BCUT2D eigenvalue weighted by atomic mass is 15.1. The van der Waals surface area contributed by atoms with Gasteiger partial charge in [-0.3, -0.25) is 9.88 Å². The number of imidazole rings is 1. The zero-order valence-corrected chi connectivity index (χ0v) is 12.0. The summed E-state index contributed by atoms with van der Waals surface area (Å²) in [5, 5.41) is 0. The first kappa shape index (κ1) is 13.5. The molecule has 2 heterocycles. The predicted octanol–water partition coefficient (Wildman–Crippen LogP) is 3.10. The summed E-state index contributed by atoms with van der Waals surface area (Å²) in [6.07, 6.45) is 3.66. The molecular formula is C17H18N4. The van der Waals surface area contributed by atoms with E-state index in [0.29, 0.717) is 0 Å². The zero-order valence-electron chi connectivity index (χ0n) is 12.0. The number of H-pyrrole nitrogens is 1. The van der Waals surface area contributed by atoms with Crippen molar-refractivity contribution < 1.29 is 0 Å². The molecule has 21 heavy (non-hydrogen) atoms. The van der Waals surface area contributed by atoms with Crippen LogP contribution in [0, 0.1) is 0 Å². The molecule has 4 nitrogen and oxygen atoms in total. The fourth-order valence-electron chi connectivity index (χ4n) is 2.31. The molecule has 0 amide bonds. The number of benzene rings is 1. The number of rotatable bonds is 5. The van der Waals surface area contributed by atoms with E-state index in [1.165, 1.54) is 5.56 Å². The second-order valence-electron chi connectivity index (χ2n) is 5.13. The summed E-state index contributed by atoms with van der Waals surface area (Å²) in [6, 6.07) is 16.3. The number of hydrogen-bond acceptors (Lipinski definition) is 3. The fourth-order valence-corrected chi connectivity index (χ4v) is 2.31. The van der Waals surface area contributed by atoms with Crippen LogP contribution >= 0.6 is 0 Å². The van der Waals surface area contributed by atoms with Crippen LogP contribution in [0.1, 0.15) is 11.3 Å². The maximum atomic E-state index is 4.40. The molecule has 3 rings (SSSR count). The lowest BCUT2D eigenvalue weighted by Gasteiger charge is -2.15. The average molecular weight is 278 g/mol. The van der Waals surface area contributed by atoms with E-state index in [2.05, 4.69) is 51.2 Å². The quantitative estimate of drug-likeness (QED) is 0.780. The Morgan fingerprint density at radius 2 is 1.76 bits per heavy atom. The first-order valence-corrected chi connectivity index (χ1v) is 6.99. The van der Waals surface area contributed by atoms with Crippen molar-refractivity contribution in [1.29, 1.82) is 0 Å². The number of pyridine rings is 1. The lowest BCUT2D eigenvalue weighted by atomic mass is 10.2. The van der Waals surface area contributed by atoms with Crippen molar-refractivity contribution in [3.8, 4) is 11.5 Å². The summed E-state index contributed by atoms with van der Waals surface area (Å²) in [5.74, 6) is 0.818. The minimum Gasteiger partial charge on any atom is -0.339 e. The van der Waals surface area contributed by atoms with E-state index >= 15 is 0 Å². The number of nitrogens with one attached hydrogen (secondary N) is 1. The summed E-state index contributed by atoms with van der Waals surface area (Å²) in [4.78, 5) is 14.3. The van der Waals surface area contributed by atoms with Gasteiger partial charge >= 0.3 is 0 Å². The lowest BCUT2D eigenvalue weighted by molar-refractivity contribution is 0.315. The number of hydrogen-bond donors (Lipinski definition) is 1. The van der Waals surface area contributed by atoms with Crippen LogP contribution in [0.5, 0.6) is 0 Å². The summed E-state index contributed by atoms with van der Waals surface area (Å²) in [7, 11) is 2.11. The average Bonchev–Trinajstić information content (AvgIpc) is 2.97. The summed E-state index contributed by atoms with van der Waals surface area (Å²) >= 11 is 0. The van der Waals surface area contributed by atoms with Crippen LogP contribution in [0.15, 0.2) is 60.9 Å². The maximum Gasteiger partial charge on any atom is 0.156 e. The smallest absolute Gasteiger partial charge is 0.156 e. The third-order valence-electron chi connectivity index (χ3n) is 3.27. The van der Waals surface area contributed by atoms with Crippen LogP contribution in [0.2, 0.25) is 0 Å². The molecule has 0 aliphatic heterocycles. The SMILES string of the molecule is CN(Cc1ccccc1)Cc1cnc(-c2ccccn2)[nH]1. The third-order valence-corrected chi connectivity index (χ3v) is 3.27. The molecule has 0 unspecified atom stereocenters. The van der Waals surface area contributed by atoms with Crippen LogP contribution in [-0.4, -0.2) is 26.9 Å². The Kier molecular flexibility index (Phi) is 4.07. The first-order chi connectivity index (χ1) is 10.3. The maximum absolute atomic E-state index is 4.40. The molecule has 0 fully saturated rings. The van der Waals surface area contributed by atoms with E-state index in [9.17, 15) is 0 Å². The lowest BCUT2D eigenvalue weighted by Crippen LogP contribution is -2.17. The van der Waals surface area contributed by atoms with Crippen LogP contribution in [0.25, 0.3) is 11.5 Å². The van der Waals surface area contributed by atoms with Crippen molar-refractivity contribution in [1.82, 2.24) is 19.9 Å². The van der Waals surface area contributed by atoms with Crippen molar-refractivity contribution in [3.63, 3.8) is 0 Å². The number of nitrogens with zero attached hydrogens (tertiary/aromatic N) is 3. The van der Waals surface area contributed by atoms with Crippen molar-refractivity contribution >= 4 is 0 Å². The molecule has 0 radical (unpaired) electrons. The molecule has 1 N–H and O–H groups in total. The van der Waals surface area contributed by atoms with Crippen molar-refractivity contribution in [2.45, 2.75) is 13.1 Å². The monoisotopic (exact) mass is 278 g/mol. The normalized spacial score (nSPS) is 11.0. The Balaban J connectivity index is 1.65. The van der Waals surface area contributed by atoms with E-state index in [0.717, 1.165) is 30.3 Å². The largest absolute Gasteiger partial charge is 0.339 e. The highest BCUT2D eigenvalue weighted by Gasteiger charge is 2.07. The Hall–Kier alpha value is -2.46. The molecule has 2 aromatic heterocycles. The molecule has 0 bridgehead atoms. The molecule has 0 aliphatic carbocycles. The van der Waals surface area contributed by atoms with Crippen LogP contribution in [0.3, 0.4) is 0 Å². The van der Waals surface area contributed by atoms with Gasteiger partial charge in [-0.2, -0.15) is 0 Å². The van der Waals surface area contributed by atoms with Gasteiger partial charge in [0.05, 0.1) is 6.20 Å². The summed E-state index contributed by atoms with van der Waals surface area (Å²) < 4.78 is 0. The third kappa shape index (κ3) is 3.55. The molecule has 0 atom stereocenters.